The first-order chi connectivity index (χ1) is 13.4. The highest BCUT2D eigenvalue weighted by atomic mass is 16.5. The number of carbonyl (C=O) groups excluding carboxylic acids is 1. The van der Waals surface area contributed by atoms with Crippen LogP contribution < -0.4 is 5.32 Å². The van der Waals surface area contributed by atoms with Crippen LogP contribution in [0.15, 0.2) is 42.8 Å². The number of aliphatic hydroxyl groups is 3. The van der Waals surface area contributed by atoms with Crippen LogP contribution in [0.3, 0.4) is 0 Å². The van der Waals surface area contributed by atoms with E-state index in [1.165, 1.54) is 13.2 Å². The van der Waals surface area contributed by atoms with Crippen LogP contribution in [0.2, 0.25) is 0 Å². The first-order valence-corrected chi connectivity index (χ1v) is 8.96. The second-order valence-corrected chi connectivity index (χ2v) is 6.79. The summed E-state index contributed by atoms with van der Waals surface area (Å²) in [6.45, 7) is 2.69. The lowest BCUT2D eigenvalue weighted by atomic mass is 9.93. The summed E-state index contributed by atoms with van der Waals surface area (Å²) in [5, 5.41) is 40.5. The third kappa shape index (κ3) is 4.06. The van der Waals surface area contributed by atoms with Crippen LogP contribution in [-0.2, 0) is 9.53 Å². The fraction of sp³-hybridized carbons (Fsp3) is 0.421. The lowest BCUT2D eigenvalue weighted by Gasteiger charge is -2.38. The van der Waals surface area contributed by atoms with Crippen molar-refractivity contribution >= 4 is 5.91 Å². The Morgan fingerprint density at radius 2 is 2.11 bits per heavy atom. The Morgan fingerprint density at radius 3 is 2.79 bits per heavy atom. The van der Waals surface area contributed by atoms with E-state index in [2.05, 4.69) is 15.6 Å². The number of aryl methyl sites for hydroxylation is 1. The van der Waals surface area contributed by atoms with E-state index in [4.69, 9.17) is 9.84 Å². The molecule has 9 nitrogen and oxygen atoms in total. The molecule has 2 heterocycles. The van der Waals surface area contributed by atoms with Gasteiger partial charge in [-0.1, -0.05) is 29.5 Å². The van der Waals surface area contributed by atoms with Gasteiger partial charge < -0.3 is 25.4 Å². The van der Waals surface area contributed by atoms with Crippen molar-refractivity contribution in [2.75, 3.05) is 6.61 Å². The van der Waals surface area contributed by atoms with Gasteiger partial charge in [0.25, 0.3) is 0 Å². The van der Waals surface area contributed by atoms with Crippen LogP contribution in [-0.4, -0.2) is 67.2 Å². The second-order valence-electron chi connectivity index (χ2n) is 6.79. The number of hydrogen-bond acceptors (Lipinski definition) is 7. The average molecular weight is 388 g/mol. The maximum Gasteiger partial charge on any atom is 0.217 e. The van der Waals surface area contributed by atoms with E-state index in [1.54, 1.807) is 17.0 Å². The van der Waals surface area contributed by atoms with Gasteiger partial charge in [-0.25, -0.2) is 4.68 Å². The summed E-state index contributed by atoms with van der Waals surface area (Å²) < 4.78 is 7.04. The number of rotatable bonds is 6. The quantitative estimate of drug-likeness (QED) is 0.545. The molecule has 5 atom stereocenters. The summed E-state index contributed by atoms with van der Waals surface area (Å²) in [5.41, 5.74) is 2.66. The maximum atomic E-state index is 11.7. The van der Waals surface area contributed by atoms with Crippen molar-refractivity contribution in [2.45, 2.75) is 44.2 Å². The Bertz CT molecular complexity index is 852. The molecule has 28 heavy (non-hydrogen) atoms. The van der Waals surface area contributed by atoms with E-state index >= 15 is 0 Å². The molecular weight excluding hydrogens is 364 g/mol. The molecule has 4 N–H and O–H groups in total. The number of ether oxygens (including phenoxy) is 1. The summed E-state index contributed by atoms with van der Waals surface area (Å²) in [6.07, 6.45) is 1.03. The molecule has 1 aliphatic rings. The lowest BCUT2D eigenvalue weighted by Crippen LogP contribution is -2.57. The van der Waals surface area contributed by atoms with Crippen molar-refractivity contribution in [3.05, 3.63) is 48.4 Å². The smallest absolute Gasteiger partial charge is 0.217 e. The molecule has 3 rings (SSSR count). The standard InChI is InChI=1S/C19H24N4O5/c1-11-5-3-4-6-13(11)14-9-23(22-21-14)15-7-8-28-19(17(15)20-12(2)25)18(27)16(26)10-24/h3-9,15-19,24,26-27H,10H2,1-2H3,(H,20,25)/t15-,16?,17+,18+,19+/m0/s1. The van der Waals surface area contributed by atoms with Gasteiger partial charge in [-0.05, 0) is 18.6 Å². The van der Waals surface area contributed by atoms with Gasteiger partial charge in [0.15, 0.2) is 0 Å². The summed E-state index contributed by atoms with van der Waals surface area (Å²) >= 11 is 0. The van der Waals surface area contributed by atoms with Gasteiger partial charge in [-0.3, -0.25) is 4.79 Å². The van der Waals surface area contributed by atoms with Gasteiger partial charge in [0, 0.05) is 12.5 Å². The van der Waals surface area contributed by atoms with Crippen molar-refractivity contribution in [1.29, 1.82) is 0 Å². The molecule has 0 aliphatic carbocycles. The molecule has 1 aromatic carbocycles. The monoisotopic (exact) mass is 388 g/mol. The zero-order chi connectivity index (χ0) is 20.3. The van der Waals surface area contributed by atoms with Crippen molar-refractivity contribution in [2.24, 2.45) is 0 Å². The molecule has 0 radical (unpaired) electrons. The number of hydrogen-bond donors (Lipinski definition) is 4. The van der Waals surface area contributed by atoms with E-state index in [9.17, 15) is 15.0 Å². The van der Waals surface area contributed by atoms with E-state index in [0.717, 1.165) is 11.1 Å². The van der Waals surface area contributed by atoms with E-state index in [1.807, 2.05) is 31.2 Å². The molecule has 1 unspecified atom stereocenters. The van der Waals surface area contributed by atoms with Crippen LogP contribution in [0, 0.1) is 6.92 Å². The predicted octanol–water partition coefficient (Wildman–Crippen LogP) is -0.0741. The van der Waals surface area contributed by atoms with Gasteiger partial charge in [0.05, 0.1) is 31.1 Å². The van der Waals surface area contributed by atoms with E-state index in [0.29, 0.717) is 5.69 Å². The Hall–Kier alpha value is -2.75. The highest BCUT2D eigenvalue weighted by Gasteiger charge is 2.41. The predicted molar refractivity (Wildman–Crippen MR) is 99.9 cm³/mol. The van der Waals surface area contributed by atoms with Gasteiger partial charge in [-0.2, -0.15) is 0 Å². The molecule has 1 aromatic heterocycles. The summed E-state index contributed by atoms with van der Waals surface area (Å²) in [7, 11) is 0. The average Bonchev–Trinajstić information content (AvgIpc) is 3.16. The van der Waals surface area contributed by atoms with Crippen LogP contribution in [0.5, 0.6) is 0 Å². The Balaban J connectivity index is 1.93. The molecule has 1 aliphatic heterocycles. The fourth-order valence-corrected chi connectivity index (χ4v) is 3.30. The number of nitrogens with zero attached hydrogens (tertiary/aromatic N) is 3. The van der Waals surface area contributed by atoms with Crippen LogP contribution >= 0.6 is 0 Å². The first-order valence-electron chi connectivity index (χ1n) is 8.96. The zero-order valence-electron chi connectivity index (χ0n) is 15.6. The number of aliphatic hydroxyl groups excluding tert-OH is 3. The third-order valence-electron chi connectivity index (χ3n) is 4.76. The Labute approximate surface area is 162 Å². The largest absolute Gasteiger partial charge is 0.493 e. The van der Waals surface area contributed by atoms with Gasteiger partial charge in [0.1, 0.15) is 24.0 Å². The minimum Gasteiger partial charge on any atom is -0.493 e. The van der Waals surface area contributed by atoms with Gasteiger partial charge >= 0.3 is 0 Å². The van der Waals surface area contributed by atoms with Crippen LogP contribution in [0.1, 0.15) is 18.5 Å². The lowest BCUT2D eigenvalue weighted by molar-refractivity contribution is -0.126. The van der Waals surface area contributed by atoms with Crippen LogP contribution in [0.25, 0.3) is 11.3 Å². The summed E-state index contributed by atoms with van der Waals surface area (Å²) in [5.74, 6) is -0.330. The van der Waals surface area contributed by atoms with Crippen molar-refractivity contribution in [1.82, 2.24) is 20.3 Å². The SMILES string of the molecule is CC(=O)N[C@H]1[C@H]([C@H](O)C(O)CO)OC=C[C@@H]1n1cc(-c2ccccc2C)nn1. The van der Waals surface area contributed by atoms with E-state index < -0.39 is 37.0 Å². The molecule has 0 saturated carbocycles. The number of carbonyl (C=O) groups is 1. The normalized spacial score (nSPS) is 23.7. The number of nitrogens with one attached hydrogen (secondary N) is 1. The molecule has 0 fully saturated rings. The zero-order valence-corrected chi connectivity index (χ0v) is 15.6. The summed E-state index contributed by atoms with van der Waals surface area (Å²) in [4.78, 5) is 11.7. The van der Waals surface area contributed by atoms with Crippen molar-refractivity contribution < 1.29 is 24.9 Å². The highest BCUT2D eigenvalue weighted by molar-refractivity contribution is 5.73. The fourth-order valence-electron chi connectivity index (χ4n) is 3.30. The molecular formula is C19H24N4O5. The maximum absolute atomic E-state index is 11.7. The third-order valence-corrected chi connectivity index (χ3v) is 4.76. The topological polar surface area (TPSA) is 130 Å². The molecule has 1 amide bonds. The van der Waals surface area contributed by atoms with E-state index in [-0.39, 0.29) is 5.91 Å². The minimum absolute atomic E-state index is 0.330. The summed E-state index contributed by atoms with van der Waals surface area (Å²) in [6, 6.07) is 6.54. The Morgan fingerprint density at radius 1 is 1.36 bits per heavy atom. The minimum atomic E-state index is -1.41. The first kappa shape index (κ1) is 20.0. The van der Waals surface area contributed by atoms with Crippen LogP contribution in [0.4, 0.5) is 0 Å². The number of aromatic nitrogens is 3. The highest BCUT2D eigenvalue weighted by Crippen LogP contribution is 2.28. The molecule has 0 spiro atoms. The molecule has 0 bridgehead atoms. The van der Waals surface area contributed by atoms with Crippen molar-refractivity contribution in [3.63, 3.8) is 0 Å². The molecule has 9 heteroatoms. The second kappa shape index (κ2) is 8.51. The van der Waals surface area contributed by atoms with Crippen molar-refractivity contribution in [3.8, 4) is 11.3 Å². The van der Waals surface area contributed by atoms with Gasteiger partial charge in [-0.15, -0.1) is 5.10 Å². The Kier molecular flexibility index (Phi) is 6.08. The molecule has 0 saturated heterocycles. The van der Waals surface area contributed by atoms with Gasteiger partial charge in [0.2, 0.25) is 5.91 Å². The number of benzene rings is 1. The number of amides is 1. The molecule has 150 valence electrons. The molecule has 2 aromatic rings.